The fraction of sp³-hybridized carbons (Fsp3) is 0.786. The summed E-state index contributed by atoms with van der Waals surface area (Å²) < 4.78 is 0. The molecule has 19 heavy (non-hydrogen) atoms. The molecule has 1 aliphatic heterocycles. The van der Waals surface area contributed by atoms with Crippen LogP contribution in [0.5, 0.6) is 0 Å². The second-order valence-corrected chi connectivity index (χ2v) is 6.34. The number of piperazine rings is 1. The number of thiazole rings is 1. The maximum absolute atomic E-state index is 4.77. The lowest BCUT2D eigenvalue weighted by atomic mass is 10.1. The van der Waals surface area contributed by atoms with Gasteiger partial charge in [0.2, 0.25) is 0 Å². The van der Waals surface area contributed by atoms with E-state index in [1.807, 2.05) is 11.3 Å². The average Bonchev–Trinajstić information content (AvgIpc) is 2.78. The summed E-state index contributed by atoms with van der Waals surface area (Å²) in [5.41, 5.74) is 1.19. The number of rotatable bonds is 5. The zero-order valence-corrected chi connectivity index (χ0v) is 13.4. The van der Waals surface area contributed by atoms with Gasteiger partial charge in [0.1, 0.15) is 0 Å². The highest BCUT2D eigenvalue weighted by molar-refractivity contribution is 7.15. The van der Waals surface area contributed by atoms with E-state index < -0.39 is 0 Å². The molecule has 0 bridgehead atoms. The highest BCUT2D eigenvalue weighted by atomic mass is 32.1. The molecule has 1 aromatic heterocycles. The minimum atomic E-state index is 0.662. The first-order valence-corrected chi connectivity index (χ1v) is 8.09. The van der Waals surface area contributed by atoms with Crippen LogP contribution in [0.15, 0.2) is 0 Å². The molecule has 1 aliphatic rings. The number of nitrogens with one attached hydrogen (secondary N) is 1. The van der Waals surface area contributed by atoms with Crippen molar-refractivity contribution < 1.29 is 0 Å². The van der Waals surface area contributed by atoms with Gasteiger partial charge >= 0.3 is 0 Å². The van der Waals surface area contributed by atoms with E-state index >= 15 is 0 Å². The molecule has 1 aromatic rings. The van der Waals surface area contributed by atoms with Crippen molar-refractivity contribution in [3.05, 3.63) is 10.6 Å². The van der Waals surface area contributed by atoms with Crippen LogP contribution in [-0.2, 0) is 6.54 Å². The molecule has 0 saturated carbocycles. The van der Waals surface area contributed by atoms with Crippen LogP contribution in [0.1, 0.15) is 30.8 Å². The van der Waals surface area contributed by atoms with Gasteiger partial charge in [0.25, 0.3) is 0 Å². The van der Waals surface area contributed by atoms with Crippen molar-refractivity contribution in [3.8, 4) is 0 Å². The molecule has 5 heteroatoms. The summed E-state index contributed by atoms with van der Waals surface area (Å²) in [6.07, 6.45) is 1.21. The lowest BCUT2D eigenvalue weighted by molar-refractivity contribution is 0.213. The number of likely N-dealkylation sites (N-methyl/N-ethyl adjacent to an activating group) is 1. The number of aryl methyl sites for hydroxylation is 1. The summed E-state index contributed by atoms with van der Waals surface area (Å²) in [5, 5.41) is 4.60. The largest absolute Gasteiger partial charge is 0.345 e. The Morgan fingerprint density at radius 2 is 2.16 bits per heavy atom. The molecule has 108 valence electrons. The Kier molecular flexibility index (Phi) is 5.19. The zero-order valence-electron chi connectivity index (χ0n) is 12.6. The second kappa shape index (κ2) is 6.68. The zero-order chi connectivity index (χ0) is 13.8. The Morgan fingerprint density at radius 3 is 2.84 bits per heavy atom. The SMILES string of the molecule is CCNCc1sc(N2CCN(C)C(CC)C2)nc1C. The summed E-state index contributed by atoms with van der Waals surface area (Å²) in [6.45, 7) is 11.9. The van der Waals surface area contributed by atoms with Gasteiger partial charge in [-0.1, -0.05) is 13.8 Å². The van der Waals surface area contributed by atoms with Crippen LogP contribution in [0.4, 0.5) is 5.13 Å². The fourth-order valence-corrected chi connectivity index (χ4v) is 3.58. The Morgan fingerprint density at radius 1 is 1.37 bits per heavy atom. The highest BCUT2D eigenvalue weighted by Crippen LogP contribution is 2.28. The van der Waals surface area contributed by atoms with E-state index in [1.165, 1.54) is 22.1 Å². The van der Waals surface area contributed by atoms with Gasteiger partial charge in [0.15, 0.2) is 5.13 Å². The molecule has 1 N–H and O–H groups in total. The molecular weight excluding hydrogens is 256 g/mol. The summed E-state index contributed by atoms with van der Waals surface area (Å²) in [7, 11) is 2.23. The molecule has 1 unspecified atom stereocenters. The Balaban J connectivity index is 2.05. The summed E-state index contributed by atoms with van der Waals surface area (Å²) in [4.78, 5) is 11.1. The number of anilines is 1. The standard InChI is InChI=1S/C14H26N4S/c1-5-12-10-18(8-7-17(12)4)14-16-11(3)13(19-14)9-15-6-2/h12,15H,5-10H2,1-4H3. The van der Waals surface area contributed by atoms with Crippen LogP contribution in [0.3, 0.4) is 0 Å². The summed E-state index contributed by atoms with van der Waals surface area (Å²) in [6, 6.07) is 0.662. The maximum atomic E-state index is 4.77. The number of hydrogen-bond acceptors (Lipinski definition) is 5. The van der Waals surface area contributed by atoms with E-state index in [4.69, 9.17) is 4.98 Å². The van der Waals surface area contributed by atoms with Gasteiger partial charge in [-0.25, -0.2) is 4.98 Å². The first-order chi connectivity index (χ1) is 9.15. The second-order valence-electron chi connectivity index (χ2n) is 5.27. The minimum Gasteiger partial charge on any atom is -0.345 e. The predicted octanol–water partition coefficient (Wildman–Crippen LogP) is 2.09. The van der Waals surface area contributed by atoms with Gasteiger partial charge in [0.05, 0.1) is 5.69 Å². The van der Waals surface area contributed by atoms with E-state index in [2.05, 4.69) is 42.9 Å². The molecule has 2 rings (SSSR count). The highest BCUT2D eigenvalue weighted by Gasteiger charge is 2.25. The Labute approximate surface area is 120 Å². The van der Waals surface area contributed by atoms with Crippen molar-refractivity contribution in [1.82, 2.24) is 15.2 Å². The van der Waals surface area contributed by atoms with Crippen molar-refractivity contribution in [1.29, 1.82) is 0 Å². The van der Waals surface area contributed by atoms with Gasteiger partial charge in [-0.05, 0) is 26.9 Å². The molecule has 2 heterocycles. The predicted molar refractivity (Wildman–Crippen MR) is 83.2 cm³/mol. The molecule has 4 nitrogen and oxygen atoms in total. The lowest BCUT2D eigenvalue weighted by Crippen LogP contribution is -2.51. The smallest absolute Gasteiger partial charge is 0.185 e. The van der Waals surface area contributed by atoms with Crippen molar-refractivity contribution in [3.63, 3.8) is 0 Å². The quantitative estimate of drug-likeness (QED) is 0.896. The summed E-state index contributed by atoms with van der Waals surface area (Å²) in [5.74, 6) is 0. The van der Waals surface area contributed by atoms with E-state index in [0.717, 1.165) is 32.7 Å². The van der Waals surface area contributed by atoms with Crippen LogP contribution in [0.25, 0.3) is 0 Å². The van der Waals surface area contributed by atoms with Crippen LogP contribution in [0.2, 0.25) is 0 Å². The van der Waals surface area contributed by atoms with Crippen LogP contribution < -0.4 is 10.2 Å². The van der Waals surface area contributed by atoms with Crippen molar-refractivity contribution >= 4 is 16.5 Å². The van der Waals surface area contributed by atoms with Crippen LogP contribution in [0, 0.1) is 6.92 Å². The summed E-state index contributed by atoms with van der Waals surface area (Å²) >= 11 is 1.85. The van der Waals surface area contributed by atoms with Gasteiger partial charge < -0.3 is 10.2 Å². The number of hydrogen-bond donors (Lipinski definition) is 1. The molecule has 0 amide bonds. The van der Waals surface area contributed by atoms with Crippen LogP contribution in [-0.4, -0.2) is 49.2 Å². The van der Waals surface area contributed by atoms with E-state index in [1.54, 1.807) is 0 Å². The number of aromatic nitrogens is 1. The minimum absolute atomic E-state index is 0.662. The Hall–Kier alpha value is -0.650. The van der Waals surface area contributed by atoms with Gasteiger partial charge in [0, 0.05) is 37.1 Å². The van der Waals surface area contributed by atoms with E-state index in [0.29, 0.717) is 6.04 Å². The van der Waals surface area contributed by atoms with Gasteiger partial charge in [-0.2, -0.15) is 0 Å². The van der Waals surface area contributed by atoms with E-state index in [9.17, 15) is 0 Å². The van der Waals surface area contributed by atoms with Crippen LogP contribution >= 0.6 is 11.3 Å². The third-order valence-corrected chi connectivity index (χ3v) is 5.15. The molecule has 0 radical (unpaired) electrons. The molecular formula is C14H26N4S. The third-order valence-electron chi connectivity index (χ3n) is 3.94. The molecule has 1 fully saturated rings. The maximum Gasteiger partial charge on any atom is 0.185 e. The van der Waals surface area contributed by atoms with Gasteiger partial charge in [-0.15, -0.1) is 11.3 Å². The molecule has 1 saturated heterocycles. The van der Waals surface area contributed by atoms with Crippen molar-refractivity contribution in [2.75, 3.05) is 38.1 Å². The van der Waals surface area contributed by atoms with Gasteiger partial charge in [-0.3, -0.25) is 4.90 Å². The van der Waals surface area contributed by atoms with Crippen molar-refractivity contribution in [2.45, 2.75) is 39.8 Å². The molecule has 0 aromatic carbocycles. The topological polar surface area (TPSA) is 31.4 Å². The Bertz CT molecular complexity index is 404. The van der Waals surface area contributed by atoms with Crippen molar-refractivity contribution in [2.24, 2.45) is 0 Å². The lowest BCUT2D eigenvalue weighted by Gasteiger charge is -2.39. The number of nitrogens with zero attached hydrogens (tertiary/aromatic N) is 3. The first-order valence-electron chi connectivity index (χ1n) is 7.27. The first kappa shape index (κ1) is 14.8. The fourth-order valence-electron chi connectivity index (χ4n) is 2.51. The molecule has 0 spiro atoms. The average molecular weight is 282 g/mol. The molecule has 1 atom stereocenters. The third kappa shape index (κ3) is 3.46. The monoisotopic (exact) mass is 282 g/mol. The van der Waals surface area contributed by atoms with E-state index in [-0.39, 0.29) is 0 Å². The molecule has 0 aliphatic carbocycles. The normalized spacial score (nSPS) is 21.1.